The highest BCUT2D eigenvalue weighted by molar-refractivity contribution is 6.33. The van der Waals surface area contributed by atoms with E-state index in [1.165, 1.54) is 43.8 Å². The molecule has 0 bridgehead atoms. The molecule has 0 unspecified atom stereocenters. The van der Waals surface area contributed by atoms with Crippen LogP contribution in [-0.4, -0.2) is 38.0 Å². The summed E-state index contributed by atoms with van der Waals surface area (Å²) in [5.74, 6) is -1.98. The zero-order valence-corrected chi connectivity index (χ0v) is 17.9. The number of alkyl halides is 3. The Hall–Kier alpha value is -4.06. The highest BCUT2D eigenvalue weighted by atomic mass is 35.5. The van der Waals surface area contributed by atoms with E-state index in [-0.39, 0.29) is 22.2 Å². The van der Waals surface area contributed by atoms with Crippen molar-refractivity contribution in [2.24, 2.45) is 0 Å². The minimum absolute atomic E-state index is 0.0594. The number of carbonyl (C=O) groups is 1. The number of methoxy groups -OCH3 is 1. The molecule has 3 aromatic heterocycles. The number of hydrogen-bond donors (Lipinski definition) is 1. The summed E-state index contributed by atoms with van der Waals surface area (Å²) >= 11 is 6.06. The van der Waals surface area contributed by atoms with E-state index in [9.17, 15) is 22.4 Å². The molecule has 1 aromatic carbocycles. The van der Waals surface area contributed by atoms with Gasteiger partial charge < -0.3 is 10.1 Å². The summed E-state index contributed by atoms with van der Waals surface area (Å²) < 4.78 is 59.2. The molecule has 1 N–H and O–H groups in total. The summed E-state index contributed by atoms with van der Waals surface area (Å²) in [5.41, 5.74) is -0.727. The summed E-state index contributed by atoms with van der Waals surface area (Å²) in [5, 5.41) is 9.78. The summed E-state index contributed by atoms with van der Waals surface area (Å²) in [6.45, 7) is 0. The van der Waals surface area contributed by atoms with Gasteiger partial charge in [-0.1, -0.05) is 11.6 Å². The lowest BCUT2D eigenvalue weighted by Crippen LogP contribution is -2.18. The molecule has 0 fully saturated rings. The van der Waals surface area contributed by atoms with E-state index >= 15 is 0 Å². The first-order valence-corrected chi connectivity index (χ1v) is 9.81. The number of rotatable bonds is 5. The average molecular weight is 493 g/mol. The normalized spacial score (nSPS) is 11.4. The molecule has 13 heteroatoms. The van der Waals surface area contributed by atoms with Crippen LogP contribution in [0.3, 0.4) is 0 Å². The molecule has 0 radical (unpaired) electrons. The molecule has 1 amide bonds. The van der Waals surface area contributed by atoms with Gasteiger partial charge in [-0.25, -0.2) is 14.4 Å². The van der Waals surface area contributed by atoms with Crippen LogP contribution < -0.4 is 10.1 Å². The van der Waals surface area contributed by atoms with E-state index in [1.807, 2.05) is 0 Å². The lowest BCUT2D eigenvalue weighted by Gasteiger charge is -2.14. The van der Waals surface area contributed by atoms with Crippen molar-refractivity contribution in [2.75, 3.05) is 12.4 Å². The number of ether oxygens (including phenoxy) is 1. The molecule has 0 atom stereocenters. The third-order valence-corrected chi connectivity index (χ3v) is 4.86. The second-order valence-corrected chi connectivity index (χ2v) is 7.15. The van der Waals surface area contributed by atoms with Gasteiger partial charge in [0.25, 0.3) is 5.91 Å². The molecular formula is C21H13ClF4N6O2. The molecular weight excluding hydrogens is 480 g/mol. The molecule has 4 aromatic rings. The summed E-state index contributed by atoms with van der Waals surface area (Å²) in [6.07, 6.45) is -1.33. The minimum atomic E-state index is -4.79. The highest BCUT2D eigenvalue weighted by Crippen LogP contribution is 2.34. The van der Waals surface area contributed by atoms with Crippen LogP contribution in [0.2, 0.25) is 5.02 Å². The van der Waals surface area contributed by atoms with Crippen LogP contribution in [0, 0.1) is 5.82 Å². The minimum Gasteiger partial charge on any atom is -0.480 e. The van der Waals surface area contributed by atoms with Crippen molar-refractivity contribution in [3.05, 3.63) is 77.0 Å². The van der Waals surface area contributed by atoms with Crippen LogP contribution >= 0.6 is 11.6 Å². The van der Waals surface area contributed by atoms with E-state index in [4.69, 9.17) is 16.3 Å². The third kappa shape index (κ3) is 4.66. The molecule has 34 heavy (non-hydrogen) atoms. The fourth-order valence-electron chi connectivity index (χ4n) is 3.03. The van der Waals surface area contributed by atoms with Gasteiger partial charge in [0.2, 0.25) is 5.88 Å². The SMILES string of the molecule is COc1nc(-c2ccc(F)cc2Cl)ccc1C(=O)Nc1cnc(-n2nccn2)c(C(F)(F)F)c1. The molecule has 8 nitrogen and oxygen atoms in total. The van der Waals surface area contributed by atoms with Crippen molar-refractivity contribution in [3.63, 3.8) is 0 Å². The first kappa shape index (κ1) is 23.1. The Morgan fingerprint density at radius 1 is 1.12 bits per heavy atom. The van der Waals surface area contributed by atoms with Gasteiger partial charge in [0.15, 0.2) is 5.82 Å². The molecule has 174 valence electrons. The van der Waals surface area contributed by atoms with Gasteiger partial charge in [0.1, 0.15) is 16.9 Å². The van der Waals surface area contributed by atoms with Crippen molar-refractivity contribution in [2.45, 2.75) is 6.18 Å². The average Bonchev–Trinajstić information content (AvgIpc) is 3.33. The maximum Gasteiger partial charge on any atom is 0.420 e. The second-order valence-electron chi connectivity index (χ2n) is 6.74. The molecule has 0 aliphatic rings. The Balaban J connectivity index is 1.65. The molecule has 0 saturated heterocycles. The maximum atomic E-state index is 13.6. The Morgan fingerprint density at radius 3 is 2.50 bits per heavy atom. The summed E-state index contributed by atoms with van der Waals surface area (Å²) in [4.78, 5) is 21.5. The number of aromatic nitrogens is 5. The third-order valence-electron chi connectivity index (χ3n) is 4.54. The topological polar surface area (TPSA) is 94.8 Å². The van der Waals surface area contributed by atoms with E-state index in [0.717, 1.165) is 23.1 Å². The van der Waals surface area contributed by atoms with E-state index in [1.54, 1.807) is 0 Å². The number of benzene rings is 1. The Labute approximate surface area is 194 Å². The van der Waals surface area contributed by atoms with Gasteiger partial charge in [-0.2, -0.15) is 23.4 Å². The number of anilines is 1. The van der Waals surface area contributed by atoms with Crippen molar-refractivity contribution < 1.29 is 27.1 Å². The van der Waals surface area contributed by atoms with Gasteiger partial charge in [-0.3, -0.25) is 4.79 Å². The van der Waals surface area contributed by atoms with Gasteiger partial charge in [-0.15, -0.1) is 4.80 Å². The largest absolute Gasteiger partial charge is 0.480 e. The van der Waals surface area contributed by atoms with E-state index < -0.39 is 29.3 Å². The smallest absolute Gasteiger partial charge is 0.420 e. The van der Waals surface area contributed by atoms with Crippen LogP contribution in [-0.2, 0) is 6.18 Å². The number of nitrogens with zero attached hydrogens (tertiary/aromatic N) is 5. The fourth-order valence-corrected chi connectivity index (χ4v) is 3.30. The predicted octanol–water partition coefficient (Wildman–Crippen LogP) is 4.80. The number of hydrogen-bond acceptors (Lipinski definition) is 6. The Kier molecular flexibility index (Phi) is 6.16. The summed E-state index contributed by atoms with van der Waals surface area (Å²) in [6, 6.07) is 7.25. The molecule has 0 spiro atoms. The van der Waals surface area contributed by atoms with Crippen LogP contribution in [0.1, 0.15) is 15.9 Å². The monoisotopic (exact) mass is 492 g/mol. The molecule has 0 aliphatic heterocycles. The highest BCUT2D eigenvalue weighted by Gasteiger charge is 2.36. The predicted molar refractivity (Wildman–Crippen MR) is 113 cm³/mol. The van der Waals surface area contributed by atoms with Crippen molar-refractivity contribution in [1.29, 1.82) is 0 Å². The molecule has 0 aliphatic carbocycles. The number of carbonyl (C=O) groups excluding carboxylic acids is 1. The molecule has 0 saturated carbocycles. The van der Waals surface area contributed by atoms with Gasteiger partial charge in [0.05, 0.1) is 42.1 Å². The fraction of sp³-hybridized carbons (Fsp3) is 0.0952. The van der Waals surface area contributed by atoms with Gasteiger partial charge in [-0.05, 0) is 36.4 Å². The maximum absolute atomic E-state index is 13.6. The van der Waals surface area contributed by atoms with Gasteiger partial charge in [0, 0.05) is 5.56 Å². The number of pyridine rings is 2. The summed E-state index contributed by atoms with van der Waals surface area (Å²) in [7, 11) is 1.27. The van der Waals surface area contributed by atoms with Crippen molar-refractivity contribution >= 4 is 23.2 Å². The van der Waals surface area contributed by atoms with Crippen LogP contribution in [0.5, 0.6) is 5.88 Å². The number of halogens is 5. The Morgan fingerprint density at radius 2 is 1.85 bits per heavy atom. The van der Waals surface area contributed by atoms with E-state index in [2.05, 4.69) is 25.5 Å². The molecule has 4 rings (SSSR count). The first-order valence-electron chi connectivity index (χ1n) is 9.43. The van der Waals surface area contributed by atoms with Crippen molar-refractivity contribution in [1.82, 2.24) is 25.0 Å². The second kappa shape index (κ2) is 9.06. The molecule has 3 heterocycles. The number of amides is 1. The lowest BCUT2D eigenvalue weighted by molar-refractivity contribution is -0.137. The Bertz CT molecular complexity index is 1360. The zero-order chi connectivity index (χ0) is 24.5. The van der Waals surface area contributed by atoms with Crippen LogP contribution in [0.15, 0.2) is 55.0 Å². The van der Waals surface area contributed by atoms with Crippen LogP contribution in [0.25, 0.3) is 17.1 Å². The quantitative estimate of drug-likeness (QED) is 0.402. The lowest BCUT2D eigenvalue weighted by atomic mass is 10.1. The zero-order valence-electron chi connectivity index (χ0n) is 17.1. The van der Waals surface area contributed by atoms with Crippen LogP contribution in [0.4, 0.5) is 23.2 Å². The number of nitrogens with one attached hydrogen (secondary N) is 1. The standard InChI is InChI=1S/C21H13ClF4N6O2/c1-34-20-14(4-5-17(31-20)13-3-2-11(23)8-16(13)22)19(33)30-12-9-15(21(24,25)26)18(27-10-12)32-28-6-7-29-32/h2-10H,1H3,(H,30,33). The first-order chi connectivity index (χ1) is 16.2. The van der Waals surface area contributed by atoms with Gasteiger partial charge >= 0.3 is 6.18 Å². The van der Waals surface area contributed by atoms with E-state index in [0.29, 0.717) is 11.3 Å². The van der Waals surface area contributed by atoms with Crippen molar-refractivity contribution in [3.8, 4) is 23.0 Å².